The molecule has 3 heterocycles. The molecular formula is C21H20N4O3. The SMILES string of the molecule is Cc1cc(C)n(-c2ccc3cccc(OCC(=O)NCc4ccco4)c3n2)n1. The minimum absolute atomic E-state index is 0.106. The van der Waals surface area contributed by atoms with E-state index >= 15 is 0 Å². The van der Waals surface area contributed by atoms with Crippen molar-refractivity contribution in [2.75, 3.05) is 6.61 Å². The van der Waals surface area contributed by atoms with E-state index < -0.39 is 0 Å². The number of para-hydroxylation sites is 1. The van der Waals surface area contributed by atoms with E-state index in [-0.39, 0.29) is 12.5 Å². The minimum atomic E-state index is -0.233. The molecule has 142 valence electrons. The molecule has 0 aliphatic carbocycles. The fraction of sp³-hybridized carbons (Fsp3) is 0.190. The number of rotatable bonds is 6. The number of fused-ring (bicyclic) bond motifs is 1. The number of furan rings is 1. The highest BCUT2D eigenvalue weighted by Crippen LogP contribution is 2.25. The maximum absolute atomic E-state index is 12.1. The second kappa shape index (κ2) is 7.56. The lowest BCUT2D eigenvalue weighted by Crippen LogP contribution is -2.28. The van der Waals surface area contributed by atoms with Crippen LogP contribution in [-0.4, -0.2) is 27.3 Å². The lowest BCUT2D eigenvalue weighted by molar-refractivity contribution is -0.123. The van der Waals surface area contributed by atoms with E-state index in [0.29, 0.717) is 29.4 Å². The Morgan fingerprint density at radius 2 is 2.07 bits per heavy atom. The van der Waals surface area contributed by atoms with Crippen LogP contribution in [0.5, 0.6) is 5.75 Å². The van der Waals surface area contributed by atoms with E-state index in [1.165, 1.54) is 0 Å². The molecule has 7 nitrogen and oxygen atoms in total. The zero-order chi connectivity index (χ0) is 19.5. The summed E-state index contributed by atoms with van der Waals surface area (Å²) in [5.41, 5.74) is 2.61. The van der Waals surface area contributed by atoms with E-state index in [4.69, 9.17) is 14.1 Å². The van der Waals surface area contributed by atoms with Crippen LogP contribution >= 0.6 is 0 Å². The second-order valence-electron chi connectivity index (χ2n) is 6.48. The van der Waals surface area contributed by atoms with Crippen molar-refractivity contribution >= 4 is 16.8 Å². The Bertz CT molecular complexity index is 1120. The van der Waals surface area contributed by atoms with Gasteiger partial charge in [0.25, 0.3) is 5.91 Å². The Balaban J connectivity index is 1.52. The summed E-state index contributed by atoms with van der Waals surface area (Å²) in [5.74, 6) is 1.71. The van der Waals surface area contributed by atoms with Gasteiger partial charge in [-0.15, -0.1) is 0 Å². The van der Waals surface area contributed by atoms with Gasteiger partial charge in [-0.1, -0.05) is 12.1 Å². The molecule has 1 aromatic carbocycles. The van der Waals surface area contributed by atoms with Crippen molar-refractivity contribution in [3.63, 3.8) is 0 Å². The summed E-state index contributed by atoms with van der Waals surface area (Å²) in [6, 6.07) is 15.1. The van der Waals surface area contributed by atoms with Crippen LogP contribution in [0, 0.1) is 13.8 Å². The van der Waals surface area contributed by atoms with E-state index in [9.17, 15) is 4.79 Å². The fourth-order valence-corrected chi connectivity index (χ4v) is 3.00. The molecule has 0 aliphatic heterocycles. The first kappa shape index (κ1) is 17.8. The normalized spacial score (nSPS) is 10.9. The summed E-state index contributed by atoms with van der Waals surface area (Å²) in [6.07, 6.45) is 1.57. The van der Waals surface area contributed by atoms with Crippen LogP contribution in [0.3, 0.4) is 0 Å². The first-order chi connectivity index (χ1) is 13.6. The van der Waals surface area contributed by atoms with Crippen LogP contribution in [-0.2, 0) is 11.3 Å². The number of carbonyl (C=O) groups excluding carboxylic acids is 1. The topological polar surface area (TPSA) is 82.2 Å². The van der Waals surface area contributed by atoms with Crippen LogP contribution < -0.4 is 10.1 Å². The number of aryl methyl sites for hydroxylation is 2. The summed E-state index contributed by atoms with van der Waals surface area (Å²) < 4.78 is 12.7. The highest BCUT2D eigenvalue weighted by molar-refractivity contribution is 5.86. The van der Waals surface area contributed by atoms with Crippen LogP contribution in [0.4, 0.5) is 0 Å². The van der Waals surface area contributed by atoms with Crippen molar-refractivity contribution in [1.29, 1.82) is 0 Å². The molecule has 0 aliphatic rings. The van der Waals surface area contributed by atoms with E-state index in [0.717, 1.165) is 16.8 Å². The molecule has 0 saturated heterocycles. The van der Waals surface area contributed by atoms with Gasteiger partial charge in [-0.2, -0.15) is 5.10 Å². The Hall–Kier alpha value is -3.61. The zero-order valence-electron chi connectivity index (χ0n) is 15.7. The average molecular weight is 376 g/mol. The van der Waals surface area contributed by atoms with Crippen molar-refractivity contribution in [1.82, 2.24) is 20.1 Å². The van der Waals surface area contributed by atoms with Crippen LogP contribution in [0.15, 0.2) is 59.2 Å². The van der Waals surface area contributed by atoms with Gasteiger partial charge in [-0.25, -0.2) is 9.67 Å². The predicted molar refractivity (Wildman–Crippen MR) is 104 cm³/mol. The summed E-state index contributed by atoms with van der Waals surface area (Å²) in [6.45, 7) is 4.15. The molecule has 0 spiro atoms. The first-order valence-corrected chi connectivity index (χ1v) is 8.95. The van der Waals surface area contributed by atoms with E-state index in [1.54, 1.807) is 29.1 Å². The van der Waals surface area contributed by atoms with Crippen LogP contribution in [0.25, 0.3) is 16.7 Å². The molecule has 0 radical (unpaired) electrons. The van der Waals surface area contributed by atoms with Gasteiger partial charge in [0.2, 0.25) is 0 Å². The molecule has 4 rings (SSSR count). The largest absolute Gasteiger partial charge is 0.481 e. The maximum Gasteiger partial charge on any atom is 0.258 e. The minimum Gasteiger partial charge on any atom is -0.481 e. The van der Waals surface area contributed by atoms with Gasteiger partial charge in [0.15, 0.2) is 12.4 Å². The van der Waals surface area contributed by atoms with Gasteiger partial charge in [0.05, 0.1) is 18.5 Å². The first-order valence-electron chi connectivity index (χ1n) is 8.95. The van der Waals surface area contributed by atoms with Crippen LogP contribution in [0.2, 0.25) is 0 Å². The van der Waals surface area contributed by atoms with Gasteiger partial charge < -0.3 is 14.5 Å². The summed E-state index contributed by atoms with van der Waals surface area (Å²) in [7, 11) is 0. The number of hydrogen-bond donors (Lipinski definition) is 1. The monoisotopic (exact) mass is 376 g/mol. The van der Waals surface area contributed by atoms with E-state index in [2.05, 4.69) is 10.4 Å². The van der Waals surface area contributed by atoms with Gasteiger partial charge >= 0.3 is 0 Å². The molecular weight excluding hydrogens is 356 g/mol. The van der Waals surface area contributed by atoms with Crippen LogP contribution in [0.1, 0.15) is 17.1 Å². The van der Waals surface area contributed by atoms with Gasteiger partial charge in [0, 0.05) is 11.1 Å². The molecule has 1 amide bonds. The van der Waals surface area contributed by atoms with Crippen molar-refractivity contribution in [3.05, 3.63) is 71.9 Å². The summed E-state index contributed by atoms with van der Waals surface area (Å²) in [5, 5.41) is 8.17. The number of aromatic nitrogens is 3. The Morgan fingerprint density at radius 3 is 2.82 bits per heavy atom. The highest BCUT2D eigenvalue weighted by Gasteiger charge is 2.11. The number of carbonyl (C=O) groups is 1. The molecule has 3 aromatic heterocycles. The number of ether oxygens (including phenoxy) is 1. The number of benzene rings is 1. The molecule has 0 bridgehead atoms. The number of amides is 1. The third-order valence-corrected chi connectivity index (χ3v) is 4.29. The molecule has 4 aromatic rings. The molecule has 1 N–H and O–H groups in total. The molecule has 0 saturated carbocycles. The van der Waals surface area contributed by atoms with Gasteiger partial charge in [-0.3, -0.25) is 4.79 Å². The number of nitrogens with one attached hydrogen (secondary N) is 1. The molecule has 0 atom stereocenters. The van der Waals surface area contributed by atoms with Crippen molar-refractivity contribution in [2.45, 2.75) is 20.4 Å². The molecule has 28 heavy (non-hydrogen) atoms. The second-order valence-corrected chi connectivity index (χ2v) is 6.48. The predicted octanol–water partition coefficient (Wildman–Crippen LogP) is 3.33. The lowest BCUT2D eigenvalue weighted by Gasteiger charge is -2.10. The Labute approximate surface area is 161 Å². The molecule has 0 unspecified atom stereocenters. The maximum atomic E-state index is 12.1. The fourth-order valence-electron chi connectivity index (χ4n) is 3.00. The number of pyridine rings is 1. The Kier molecular flexibility index (Phi) is 4.80. The molecule has 7 heteroatoms. The lowest BCUT2D eigenvalue weighted by atomic mass is 10.2. The third kappa shape index (κ3) is 3.73. The quantitative estimate of drug-likeness (QED) is 0.558. The van der Waals surface area contributed by atoms with Gasteiger partial charge in [-0.05, 0) is 50.2 Å². The highest BCUT2D eigenvalue weighted by atomic mass is 16.5. The van der Waals surface area contributed by atoms with Crippen molar-refractivity contribution in [3.8, 4) is 11.6 Å². The van der Waals surface area contributed by atoms with Crippen molar-refractivity contribution in [2.24, 2.45) is 0 Å². The standard InChI is InChI=1S/C21H20N4O3/c1-14-11-15(2)25(24-14)19-9-8-16-5-3-7-18(21(16)23-19)28-13-20(26)22-12-17-6-4-10-27-17/h3-11H,12-13H2,1-2H3,(H,22,26). The van der Waals surface area contributed by atoms with Crippen molar-refractivity contribution < 1.29 is 13.9 Å². The number of hydrogen-bond acceptors (Lipinski definition) is 5. The zero-order valence-corrected chi connectivity index (χ0v) is 15.7. The average Bonchev–Trinajstić information content (AvgIpc) is 3.33. The third-order valence-electron chi connectivity index (χ3n) is 4.29. The summed E-state index contributed by atoms with van der Waals surface area (Å²) in [4.78, 5) is 16.8. The molecule has 0 fully saturated rings. The smallest absolute Gasteiger partial charge is 0.258 e. The van der Waals surface area contributed by atoms with E-state index in [1.807, 2.05) is 44.2 Å². The van der Waals surface area contributed by atoms with Gasteiger partial charge in [0.1, 0.15) is 17.0 Å². The number of nitrogens with zero attached hydrogens (tertiary/aromatic N) is 3. The Morgan fingerprint density at radius 1 is 1.18 bits per heavy atom. The summed E-state index contributed by atoms with van der Waals surface area (Å²) >= 11 is 0.